The molecule has 2 aromatic heterocycles. The van der Waals surface area contributed by atoms with Crippen LogP contribution >= 0.6 is 0 Å². The molecule has 1 aliphatic heterocycles. The molecule has 0 unspecified atom stereocenters. The Hall–Kier alpha value is -2.87. The van der Waals surface area contributed by atoms with E-state index < -0.39 is 0 Å². The van der Waals surface area contributed by atoms with Crippen molar-refractivity contribution in [2.24, 2.45) is 5.92 Å². The van der Waals surface area contributed by atoms with Crippen LogP contribution in [0.1, 0.15) is 21.7 Å². The highest BCUT2D eigenvalue weighted by Gasteiger charge is 2.24. The Morgan fingerprint density at radius 2 is 2.15 bits per heavy atom. The number of nitrogens with one attached hydrogen (secondary N) is 1. The van der Waals surface area contributed by atoms with Crippen molar-refractivity contribution in [1.29, 1.82) is 0 Å². The highest BCUT2D eigenvalue weighted by molar-refractivity contribution is 5.97. The molecule has 0 aliphatic carbocycles. The molecule has 1 N–H and O–H groups in total. The van der Waals surface area contributed by atoms with Crippen LogP contribution in [0.5, 0.6) is 0 Å². The van der Waals surface area contributed by atoms with E-state index in [2.05, 4.69) is 25.4 Å². The van der Waals surface area contributed by atoms with Gasteiger partial charge in [0.25, 0.3) is 5.91 Å². The molecule has 1 fully saturated rings. The summed E-state index contributed by atoms with van der Waals surface area (Å²) in [5.74, 6) is 0.191. The van der Waals surface area contributed by atoms with Crippen LogP contribution in [0, 0.1) is 12.8 Å². The summed E-state index contributed by atoms with van der Waals surface area (Å²) < 4.78 is 5.72. The van der Waals surface area contributed by atoms with E-state index >= 15 is 0 Å². The second-order valence-electron chi connectivity index (χ2n) is 6.57. The minimum atomic E-state index is -0.00994. The van der Waals surface area contributed by atoms with Crippen LogP contribution in [0.25, 0.3) is 11.0 Å². The third kappa shape index (κ3) is 3.55. The molecule has 1 aromatic carbocycles. The number of rotatable bonds is 3. The van der Waals surface area contributed by atoms with Gasteiger partial charge in [-0.15, -0.1) is 0 Å². The lowest BCUT2D eigenvalue weighted by Crippen LogP contribution is -2.36. The van der Waals surface area contributed by atoms with Crippen molar-refractivity contribution >= 4 is 16.9 Å². The molecule has 1 atom stereocenters. The molecule has 134 valence electrons. The van der Waals surface area contributed by atoms with E-state index in [0.29, 0.717) is 37.4 Å². The van der Waals surface area contributed by atoms with Gasteiger partial charge in [-0.3, -0.25) is 4.79 Å². The molecule has 8 nitrogen and oxygen atoms in total. The van der Waals surface area contributed by atoms with E-state index in [4.69, 9.17) is 4.74 Å². The maximum Gasteiger partial charge on any atom is 0.254 e. The van der Waals surface area contributed by atoms with Crippen LogP contribution in [-0.2, 0) is 11.2 Å². The van der Waals surface area contributed by atoms with Crippen LogP contribution < -0.4 is 0 Å². The molecule has 0 saturated carbocycles. The zero-order valence-electron chi connectivity index (χ0n) is 14.6. The van der Waals surface area contributed by atoms with Crippen molar-refractivity contribution < 1.29 is 9.53 Å². The summed E-state index contributed by atoms with van der Waals surface area (Å²) in [6.07, 6.45) is 2.34. The molecule has 1 saturated heterocycles. The summed E-state index contributed by atoms with van der Waals surface area (Å²) in [4.78, 5) is 23.3. The first-order valence-electron chi connectivity index (χ1n) is 8.64. The Labute approximate surface area is 150 Å². The zero-order chi connectivity index (χ0) is 17.9. The maximum atomic E-state index is 13.0. The summed E-state index contributed by atoms with van der Waals surface area (Å²) in [7, 11) is 0. The largest absolute Gasteiger partial charge is 0.379 e. The fourth-order valence-corrected chi connectivity index (χ4v) is 3.26. The van der Waals surface area contributed by atoms with E-state index in [1.807, 2.05) is 24.0 Å². The van der Waals surface area contributed by atoms with Gasteiger partial charge in [-0.25, -0.2) is 9.97 Å². The predicted molar refractivity (Wildman–Crippen MR) is 94.6 cm³/mol. The van der Waals surface area contributed by atoms with Gasteiger partial charge < -0.3 is 9.64 Å². The maximum absolute atomic E-state index is 13.0. The summed E-state index contributed by atoms with van der Waals surface area (Å²) in [6.45, 7) is 4.32. The van der Waals surface area contributed by atoms with Crippen molar-refractivity contribution in [3.63, 3.8) is 0 Å². The predicted octanol–water partition coefficient (Wildman–Crippen LogP) is 1.39. The Kier molecular flexibility index (Phi) is 4.57. The first-order valence-corrected chi connectivity index (χ1v) is 8.64. The number of amides is 1. The summed E-state index contributed by atoms with van der Waals surface area (Å²) >= 11 is 0. The fourth-order valence-electron chi connectivity index (χ4n) is 3.26. The summed E-state index contributed by atoms with van der Waals surface area (Å²) in [6, 6.07) is 7.36. The van der Waals surface area contributed by atoms with Crippen LogP contribution in [0.15, 0.2) is 30.6 Å². The van der Waals surface area contributed by atoms with Gasteiger partial charge in [0.1, 0.15) is 17.4 Å². The van der Waals surface area contributed by atoms with Gasteiger partial charge in [0.05, 0.1) is 13.2 Å². The van der Waals surface area contributed by atoms with Crippen molar-refractivity contribution in [1.82, 2.24) is 30.3 Å². The number of hydrogen-bond donors (Lipinski definition) is 1. The summed E-state index contributed by atoms with van der Waals surface area (Å²) in [5.41, 5.74) is 3.97. The SMILES string of the molecule is Cc1cc(C[C@H]2COCCN(C(=O)c3ccc4n[nH]nc4c3)C2)ncn1. The molecule has 0 bridgehead atoms. The molecule has 0 spiro atoms. The zero-order valence-corrected chi connectivity index (χ0v) is 14.6. The number of aromatic nitrogens is 5. The smallest absolute Gasteiger partial charge is 0.254 e. The number of ether oxygens (including phenoxy) is 1. The van der Waals surface area contributed by atoms with Gasteiger partial charge in [0, 0.05) is 36.0 Å². The number of benzene rings is 1. The topological polar surface area (TPSA) is 96.9 Å². The Morgan fingerprint density at radius 1 is 1.27 bits per heavy atom. The van der Waals surface area contributed by atoms with Gasteiger partial charge >= 0.3 is 0 Å². The molecular weight excluding hydrogens is 332 g/mol. The van der Waals surface area contributed by atoms with Crippen molar-refractivity contribution in [2.45, 2.75) is 13.3 Å². The highest BCUT2D eigenvalue weighted by atomic mass is 16.5. The molecule has 0 radical (unpaired) electrons. The number of fused-ring (bicyclic) bond motifs is 1. The van der Waals surface area contributed by atoms with Crippen LogP contribution in [0.4, 0.5) is 0 Å². The number of H-pyrrole nitrogens is 1. The average Bonchev–Trinajstić information content (AvgIpc) is 2.99. The number of carbonyl (C=O) groups excluding carboxylic acids is 1. The van der Waals surface area contributed by atoms with E-state index in [1.165, 1.54) is 0 Å². The van der Waals surface area contributed by atoms with E-state index in [1.54, 1.807) is 18.5 Å². The third-order valence-corrected chi connectivity index (χ3v) is 4.55. The van der Waals surface area contributed by atoms with Gasteiger partial charge in [-0.05, 0) is 37.6 Å². The van der Waals surface area contributed by atoms with Crippen LogP contribution in [-0.4, -0.2) is 62.5 Å². The number of carbonyl (C=O) groups is 1. The van der Waals surface area contributed by atoms with Crippen molar-refractivity contribution in [2.75, 3.05) is 26.3 Å². The molecular formula is C18H20N6O2. The number of hydrogen-bond acceptors (Lipinski definition) is 6. The van der Waals surface area contributed by atoms with E-state index in [0.717, 1.165) is 23.3 Å². The third-order valence-electron chi connectivity index (χ3n) is 4.55. The number of aromatic amines is 1. The van der Waals surface area contributed by atoms with Gasteiger partial charge in [0.15, 0.2) is 0 Å². The molecule has 26 heavy (non-hydrogen) atoms. The second-order valence-corrected chi connectivity index (χ2v) is 6.57. The molecule has 1 amide bonds. The highest BCUT2D eigenvalue weighted by Crippen LogP contribution is 2.17. The number of nitrogens with zero attached hydrogens (tertiary/aromatic N) is 5. The van der Waals surface area contributed by atoms with Gasteiger partial charge in [-0.1, -0.05) is 0 Å². The monoisotopic (exact) mass is 352 g/mol. The quantitative estimate of drug-likeness (QED) is 0.765. The molecule has 3 heterocycles. The van der Waals surface area contributed by atoms with Crippen LogP contribution in [0.3, 0.4) is 0 Å². The minimum absolute atomic E-state index is 0.00994. The molecule has 3 aromatic rings. The molecule has 8 heteroatoms. The lowest BCUT2D eigenvalue weighted by molar-refractivity contribution is 0.0737. The first-order chi connectivity index (χ1) is 12.7. The van der Waals surface area contributed by atoms with E-state index in [-0.39, 0.29) is 11.8 Å². The second kappa shape index (κ2) is 7.17. The van der Waals surface area contributed by atoms with Gasteiger partial charge in [0.2, 0.25) is 0 Å². The first kappa shape index (κ1) is 16.6. The lowest BCUT2D eigenvalue weighted by atomic mass is 10.0. The fraction of sp³-hybridized carbons (Fsp3) is 0.389. The minimum Gasteiger partial charge on any atom is -0.379 e. The average molecular weight is 352 g/mol. The number of aryl methyl sites for hydroxylation is 1. The summed E-state index contributed by atoms with van der Waals surface area (Å²) in [5, 5.41) is 10.7. The normalized spacial score (nSPS) is 18.0. The lowest BCUT2D eigenvalue weighted by Gasteiger charge is -2.23. The van der Waals surface area contributed by atoms with Crippen molar-refractivity contribution in [3.05, 3.63) is 47.5 Å². The Balaban J connectivity index is 1.50. The molecule has 4 rings (SSSR count). The van der Waals surface area contributed by atoms with Crippen molar-refractivity contribution in [3.8, 4) is 0 Å². The Bertz CT molecular complexity index is 925. The van der Waals surface area contributed by atoms with E-state index in [9.17, 15) is 4.79 Å². The van der Waals surface area contributed by atoms with Gasteiger partial charge in [-0.2, -0.15) is 15.4 Å². The standard InChI is InChI=1S/C18H20N6O2/c1-12-6-15(20-11-19-12)7-13-9-24(4-5-26-10-13)18(25)14-2-3-16-17(8-14)22-23-21-16/h2-3,6,8,11,13H,4-5,7,9-10H2,1H3,(H,21,22,23)/t13-/m1/s1. The van der Waals surface area contributed by atoms with Crippen LogP contribution in [0.2, 0.25) is 0 Å². The molecule has 1 aliphatic rings. The Morgan fingerprint density at radius 3 is 3.04 bits per heavy atom.